The van der Waals surface area contributed by atoms with Crippen molar-refractivity contribution < 1.29 is 0 Å². The Hall–Kier alpha value is 0.580. The van der Waals surface area contributed by atoms with Gasteiger partial charge in [-0.25, -0.2) is 0 Å². The molecule has 2 nitrogen and oxygen atoms in total. The highest BCUT2D eigenvalue weighted by Crippen LogP contribution is 2.34. The highest BCUT2D eigenvalue weighted by molar-refractivity contribution is 9.12. The second-order valence-corrected chi connectivity index (χ2v) is 5.92. The zero-order valence-electron chi connectivity index (χ0n) is 5.90. The lowest BCUT2D eigenvalue weighted by Gasteiger charge is -2.07. The fraction of sp³-hybridized carbons (Fsp3) is 0.333. The third kappa shape index (κ3) is 2.26. The van der Waals surface area contributed by atoms with Gasteiger partial charge in [0, 0.05) is 6.04 Å². The van der Waals surface area contributed by atoms with Crippen molar-refractivity contribution in [1.82, 2.24) is 5.43 Å². The third-order valence-electron chi connectivity index (χ3n) is 1.40. The van der Waals surface area contributed by atoms with Gasteiger partial charge in [0.15, 0.2) is 0 Å². The number of hydrogen-bond acceptors (Lipinski definition) is 3. The molecule has 1 heterocycles. The van der Waals surface area contributed by atoms with Crippen LogP contribution in [-0.2, 0) is 0 Å². The molecular weight excluding hydrogens is 292 g/mol. The molecule has 3 N–H and O–H groups in total. The molecule has 0 fully saturated rings. The van der Waals surface area contributed by atoms with Gasteiger partial charge in [-0.15, -0.1) is 11.3 Å². The molecule has 5 heteroatoms. The molecule has 0 bridgehead atoms. The van der Waals surface area contributed by atoms with E-state index in [-0.39, 0.29) is 6.04 Å². The first-order valence-electron chi connectivity index (χ1n) is 3.06. The Morgan fingerprint density at radius 2 is 2.27 bits per heavy atom. The number of rotatable bonds is 2. The molecule has 0 aliphatic heterocycles. The molecule has 1 rings (SSSR count). The highest BCUT2D eigenvalue weighted by Gasteiger charge is 2.10. The lowest BCUT2D eigenvalue weighted by atomic mass is 10.2. The summed E-state index contributed by atoms with van der Waals surface area (Å²) in [6.45, 7) is 2.01. The SMILES string of the molecule is CC(NN)c1cc(Br)sc1Br. The third-order valence-corrected chi connectivity index (χ3v) is 3.79. The monoisotopic (exact) mass is 298 g/mol. The van der Waals surface area contributed by atoms with E-state index in [1.807, 2.05) is 6.92 Å². The number of hydrazine groups is 1. The molecule has 0 aliphatic rings. The van der Waals surface area contributed by atoms with Gasteiger partial charge in [0.1, 0.15) is 0 Å². The number of hydrogen-bond donors (Lipinski definition) is 2. The van der Waals surface area contributed by atoms with Gasteiger partial charge in [-0.2, -0.15) is 0 Å². The van der Waals surface area contributed by atoms with Crippen LogP contribution in [0.2, 0.25) is 0 Å². The molecule has 0 radical (unpaired) electrons. The summed E-state index contributed by atoms with van der Waals surface area (Å²) in [6.07, 6.45) is 0. The first-order chi connectivity index (χ1) is 5.15. The summed E-state index contributed by atoms with van der Waals surface area (Å²) < 4.78 is 2.23. The van der Waals surface area contributed by atoms with E-state index in [2.05, 4.69) is 43.4 Å². The first kappa shape index (κ1) is 9.67. The Bertz CT molecular complexity index is 249. The van der Waals surface area contributed by atoms with Crippen LogP contribution in [0.15, 0.2) is 13.6 Å². The maximum absolute atomic E-state index is 5.30. The van der Waals surface area contributed by atoms with Crippen molar-refractivity contribution in [3.05, 3.63) is 19.2 Å². The maximum atomic E-state index is 5.30. The van der Waals surface area contributed by atoms with Crippen LogP contribution in [0, 0.1) is 0 Å². The van der Waals surface area contributed by atoms with Crippen molar-refractivity contribution in [2.45, 2.75) is 13.0 Å². The lowest BCUT2D eigenvalue weighted by Crippen LogP contribution is -2.25. The number of halogens is 2. The van der Waals surface area contributed by atoms with Crippen LogP contribution < -0.4 is 11.3 Å². The van der Waals surface area contributed by atoms with E-state index < -0.39 is 0 Å². The fourth-order valence-electron chi connectivity index (χ4n) is 0.738. The van der Waals surface area contributed by atoms with Crippen LogP contribution >= 0.6 is 43.2 Å². The van der Waals surface area contributed by atoms with Crippen molar-refractivity contribution in [2.24, 2.45) is 5.84 Å². The summed E-state index contributed by atoms with van der Waals surface area (Å²) in [6, 6.07) is 2.24. The summed E-state index contributed by atoms with van der Waals surface area (Å²) in [5.74, 6) is 5.30. The van der Waals surface area contributed by atoms with E-state index in [9.17, 15) is 0 Å². The lowest BCUT2D eigenvalue weighted by molar-refractivity contribution is 0.602. The summed E-state index contributed by atoms with van der Waals surface area (Å²) in [5, 5.41) is 0. The van der Waals surface area contributed by atoms with E-state index in [1.54, 1.807) is 11.3 Å². The standard InChI is InChI=1S/C6H8Br2N2S/c1-3(10-9)4-2-5(7)11-6(4)8/h2-3,10H,9H2,1H3. The zero-order valence-corrected chi connectivity index (χ0v) is 9.88. The van der Waals surface area contributed by atoms with Crippen molar-refractivity contribution >= 4 is 43.2 Å². The largest absolute Gasteiger partial charge is 0.271 e. The van der Waals surface area contributed by atoms with E-state index in [0.29, 0.717) is 0 Å². The second-order valence-electron chi connectivity index (χ2n) is 2.17. The number of nitrogens with two attached hydrogens (primary N) is 1. The smallest absolute Gasteiger partial charge is 0.0758 e. The Balaban J connectivity index is 2.93. The normalized spacial score (nSPS) is 13.5. The average Bonchev–Trinajstić information content (AvgIpc) is 2.28. The Morgan fingerprint density at radius 3 is 2.64 bits per heavy atom. The van der Waals surface area contributed by atoms with Gasteiger partial charge in [0.25, 0.3) is 0 Å². The van der Waals surface area contributed by atoms with Crippen LogP contribution in [0.5, 0.6) is 0 Å². The molecule has 1 aromatic rings. The van der Waals surface area contributed by atoms with Gasteiger partial charge in [-0.3, -0.25) is 11.3 Å². The van der Waals surface area contributed by atoms with Crippen LogP contribution in [0.25, 0.3) is 0 Å². The summed E-state index contributed by atoms with van der Waals surface area (Å²) in [5.41, 5.74) is 3.88. The Labute approximate surface area is 86.4 Å². The summed E-state index contributed by atoms with van der Waals surface area (Å²) in [7, 11) is 0. The second kappa shape index (κ2) is 4.00. The zero-order chi connectivity index (χ0) is 8.43. The van der Waals surface area contributed by atoms with Gasteiger partial charge in [-0.05, 0) is 50.4 Å². The van der Waals surface area contributed by atoms with Crippen molar-refractivity contribution in [2.75, 3.05) is 0 Å². The van der Waals surface area contributed by atoms with E-state index in [0.717, 1.165) is 7.57 Å². The quantitative estimate of drug-likeness (QED) is 0.651. The molecule has 0 saturated heterocycles. The van der Waals surface area contributed by atoms with Crippen molar-refractivity contribution in [3.63, 3.8) is 0 Å². The summed E-state index contributed by atoms with van der Waals surface area (Å²) >= 11 is 8.50. The molecular formula is C6H8Br2N2S. The highest BCUT2D eigenvalue weighted by atomic mass is 79.9. The molecule has 1 unspecified atom stereocenters. The van der Waals surface area contributed by atoms with E-state index >= 15 is 0 Å². The van der Waals surface area contributed by atoms with Gasteiger partial charge in [0.05, 0.1) is 7.57 Å². The summed E-state index contributed by atoms with van der Waals surface area (Å²) in [4.78, 5) is 0. The molecule has 11 heavy (non-hydrogen) atoms. The first-order valence-corrected chi connectivity index (χ1v) is 5.46. The molecule has 0 saturated carbocycles. The Morgan fingerprint density at radius 1 is 1.64 bits per heavy atom. The number of nitrogens with one attached hydrogen (secondary N) is 1. The molecule has 1 aromatic heterocycles. The van der Waals surface area contributed by atoms with E-state index in [4.69, 9.17) is 5.84 Å². The van der Waals surface area contributed by atoms with Crippen molar-refractivity contribution in [1.29, 1.82) is 0 Å². The van der Waals surface area contributed by atoms with Crippen LogP contribution in [-0.4, -0.2) is 0 Å². The van der Waals surface area contributed by atoms with Gasteiger partial charge in [-0.1, -0.05) is 0 Å². The average molecular weight is 300 g/mol. The maximum Gasteiger partial charge on any atom is 0.0758 e. The van der Waals surface area contributed by atoms with Crippen LogP contribution in [0.1, 0.15) is 18.5 Å². The fourth-order valence-corrected chi connectivity index (χ4v) is 3.81. The predicted molar refractivity (Wildman–Crippen MR) is 55.5 cm³/mol. The Kier molecular flexibility index (Phi) is 3.52. The van der Waals surface area contributed by atoms with Crippen molar-refractivity contribution in [3.8, 4) is 0 Å². The van der Waals surface area contributed by atoms with Gasteiger partial charge < -0.3 is 0 Å². The minimum atomic E-state index is 0.187. The number of thiophene rings is 1. The molecule has 0 aliphatic carbocycles. The van der Waals surface area contributed by atoms with Gasteiger partial charge in [0.2, 0.25) is 0 Å². The minimum absolute atomic E-state index is 0.187. The van der Waals surface area contributed by atoms with E-state index in [1.165, 1.54) is 5.56 Å². The van der Waals surface area contributed by atoms with Crippen LogP contribution in [0.4, 0.5) is 0 Å². The topological polar surface area (TPSA) is 38.0 Å². The molecule has 1 atom stereocenters. The minimum Gasteiger partial charge on any atom is -0.271 e. The predicted octanol–water partition coefficient (Wildman–Crippen LogP) is 2.80. The molecule has 0 amide bonds. The molecule has 0 spiro atoms. The molecule has 62 valence electrons. The molecule has 0 aromatic carbocycles. The van der Waals surface area contributed by atoms with Crippen LogP contribution in [0.3, 0.4) is 0 Å². The van der Waals surface area contributed by atoms with Gasteiger partial charge >= 0.3 is 0 Å².